The molecule has 0 amide bonds. The van der Waals surface area contributed by atoms with Gasteiger partial charge in [-0.05, 0) is 122 Å². The van der Waals surface area contributed by atoms with Crippen LogP contribution >= 0.6 is 0 Å². The average Bonchev–Trinajstić information content (AvgIpc) is 3.28. The summed E-state index contributed by atoms with van der Waals surface area (Å²) in [7, 11) is -3.82. The third kappa shape index (κ3) is 5.96. The van der Waals surface area contributed by atoms with Crippen LogP contribution in [-0.2, 0) is 8.85 Å². The monoisotopic (exact) mass is 622 g/mol. The molecule has 0 aromatic carbocycles. The van der Waals surface area contributed by atoms with Crippen LogP contribution in [0.1, 0.15) is 107 Å². The molecule has 5 nitrogen and oxygen atoms in total. The maximum atomic E-state index is 13.1. The summed E-state index contributed by atoms with van der Waals surface area (Å²) >= 11 is 0. The van der Waals surface area contributed by atoms with Crippen molar-refractivity contribution >= 4 is 16.6 Å². The highest BCUT2D eigenvalue weighted by atomic mass is 28.4. The Balaban J connectivity index is 1.70. The van der Waals surface area contributed by atoms with Crippen LogP contribution in [0, 0.1) is 35.0 Å². The van der Waals surface area contributed by atoms with Gasteiger partial charge < -0.3 is 24.2 Å². The van der Waals surface area contributed by atoms with Crippen LogP contribution in [0.15, 0.2) is 11.1 Å². The zero-order valence-corrected chi connectivity index (χ0v) is 31.1. The Morgan fingerprint density at radius 3 is 2.19 bits per heavy atom. The summed E-state index contributed by atoms with van der Waals surface area (Å²) in [6.07, 6.45) is 4.66. The van der Waals surface area contributed by atoms with Crippen LogP contribution in [0.3, 0.4) is 0 Å². The highest BCUT2D eigenvalue weighted by Crippen LogP contribution is 2.65. The van der Waals surface area contributed by atoms with E-state index in [0.29, 0.717) is 24.7 Å². The lowest BCUT2D eigenvalue weighted by molar-refractivity contribution is -0.197. The minimum absolute atomic E-state index is 0.00329. The predicted molar refractivity (Wildman–Crippen MR) is 178 cm³/mol. The Bertz CT molecular complexity index is 978. The number of rotatable bonds is 9. The molecule has 2 bridgehead atoms. The van der Waals surface area contributed by atoms with Crippen molar-refractivity contribution in [2.75, 3.05) is 6.61 Å². The van der Waals surface area contributed by atoms with E-state index in [9.17, 15) is 15.3 Å². The molecular formula is C35H66O5Si2. The van der Waals surface area contributed by atoms with Crippen LogP contribution < -0.4 is 0 Å². The molecule has 4 rings (SSSR count). The van der Waals surface area contributed by atoms with Crippen molar-refractivity contribution in [1.82, 2.24) is 0 Å². The van der Waals surface area contributed by atoms with Crippen molar-refractivity contribution in [2.45, 2.75) is 167 Å². The molecule has 3 saturated carbocycles. The van der Waals surface area contributed by atoms with Gasteiger partial charge in [0.1, 0.15) is 0 Å². The third-order valence-corrected chi connectivity index (χ3v) is 23.1. The first-order valence-electron chi connectivity index (χ1n) is 17.5. The van der Waals surface area contributed by atoms with E-state index in [1.165, 1.54) is 0 Å². The summed E-state index contributed by atoms with van der Waals surface area (Å²) in [5.74, 6) is 1.20. The van der Waals surface area contributed by atoms with Gasteiger partial charge in [-0.3, -0.25) is 0 Å². The summed E-state index contributed by atoms with van der Waals surface area (Å²) < 4.78 is 14.2. The average molecular weight is 623 g/mol. The summed E-state index contributed by atoms with van der Waals surface area (Å²) in [6, 6.07) is 3.24. The van der Waals surface area contributed by atoms with Crippen molar-refractivity contribution < 1.29 is 24.2 Å². The van der Waals surface area contributed by atoms with Gasteiger partial charge in [-0.25, -0.2) is 0 Å². The molecule has 0 spiro atoms. The molecule has 3 N–H and O–H groups in total. The van der Waals surface area contributed by atoms with Gasteiger partial charge in [0.2, 0.25) is 0 Å². The Morgan fingerprint density at radius 1 is 1.00 bits per heavy atom. The quantitative estimate of drug-likeness (QED) is 0.179. The molecule has 0 radical (unpaired) electrons. The topological polar surface area (TPSA) is 79.2 Å². The second-order valence-corrected chi connectivity index (χ2v) is 26.4. The Morgan fingerprint density at radius 2 is 1.62 bits per heavy atom. The van der Waals surface area contributed by atoms with E-state index in [1.54, 1.807) is 0 Å². The first-order valence-corrected chi connectivity index (χ1v) is 22.9. The fourth-order valence-electron chi connectivity index (χ4n) is 9.85. The molecular weight excluding hydrogens is 557 g/mol. The molecule has 4 aliphatic carbocycles. The molecule has 0 aliphatic heterocycles. The standard InChI is InChI=1S/C35H66O5Si2/c1-12-42(13-2,14-3)40-32-25-19-26(24(5)29(36)20-25)30(37)21-35(38)28(32)17-18-34(9)27(15-16-31(34)35)23(4)22-39-41(10,11)33(6,7)8/h23,25,27-32,36-38H,12-22H2,1-11H3/t23-,25+,27-,28+,29-,30+,31-,32+,34-,35+/m1/s1. The van der Waals surface area contributed by atoms with Crippen molar-refractivity contribution in [3.63, 3.8) is 0 Å². The lowest BCUT2D eigenvalue weighted by Crippen LogP contribution is -2.63. The van der Waals surface area contributed by atoms with Crippen molar-refractivity contribution in [3.8, 4) is 0 Å². The minimum atomic E-state index is -1.98. The molecule has 0 aromatic heterocycles. The number of fused-ring (bicyclic) bond motifs is 5. The SMILES string of the molecule is CC[Si](CC)(CC)O[C@H]1[C@H]2CC(=C(C)[C@H](O)C2)[C@@H](O)C[C@@]2(O)[C@@H]3CC[C@H]([C@H](C)CO[Si](C)(C)C(C)(C)C)[C@@]3(C)CC[C@@H]12. The molecule has 0 saturated heterocycles. The van der Waals surface area contributed by atoms with Gasteiger partial charge in [0, 0.05) is 18.9 Å². The van der Waals surface area contributed by atoms with Crippen molar-refractivity contribution in [3.05, 3.63) is 11.1 Å². The molecule has 0 unspecified atom stereocenters. The van der Waals surface area contributed by atoms with E-state index in [2.05, 4.69) is 68.5 Å². The van der Waals surface area contributed by atoms with E-state index in [1.807, 2.05) is 6.92 Å². The number of hydrogen-bond donors (Lipinski definition) is 3. The largest absolute Gasteiger partial charge is 0.417 e. The van der Waals surface area contributed by atoms with Crippen LogP contribution in [-0.4, -0.2) is 62.5 Å². The van der Waals surface area contributed by atoms with Crippen LogP contribution in [0.2, 0.25) is 36.3 Å². The van der Waals surface area contributed by atoms with Crippen LogP contribution in [0.4, 0.5) is 0 Å². The van der Waals surface area contributed by atoms with Crippen LogP contribution in [0.25, 0.3) is 0 Å². The minimum Gasteiger partial charge on any atom is -0.417 e. The molecule has 7 heteroatoms. The van der Waals surface area contributed by atoms with E-state index in [0.717, 1.165) is 68.0 Å². The smallest absolute Gasteiger partial charge is 0.192 e. The van der Waals surface area contributed by atoms with Gasteiger partial charge in [-0.15, -0.1) is 0 Å². The fourth-order valence-corrected chi connectivity index (χ4v) is 13.9. The lowest BCUT2D eigenvalue weighted by Gasteiger charge is -2.60. The fraction of sp³-hybridized carbons (Fsp3) is 0.943. The molecule has 244 valence electrons. The summed E-state index contributed by atoms with van der Waals surface area (Å²) in [6.45, 7) is 26.1. The van der Waals surface area contributed by atoms with E-state index in [4.69, 9.17) is 8.85 Å². The van der Waals surface area contributed by atoms with Gasteiger partial charge >= 0.3 is 0 Å². The first-order chi connectivity index (χ1) is 19.4. The zero-order chi connectivity index (χ0) is 31.5. The first kappa shape index (κ1) is 34.8. The van der Waals surface area contributed by atoms with E-state index < -0.39 is 34.4 Å². The molecule has 4 aliphatic rings. The van der Waals surface area contributed by atoms with Gasteiger partial charge in [-0.1, -0.05) is 55.4 Å². The Labute approximate surface area is 260 Å². The van der Waals surface area contributed by atoms with Gasteiger partial charge in [-0.2, -0.15) is 0 Å². The Kier molecular flexibility index (Phi) is 10.2. The highest BCUT2D eigenvalue weighted by Gasteiger charge is 2.64. The zero-order valence-electron chi connectivity index (χ0n) is 29.1. The molecule has 0 heterocycles. The maximum absolute atomic E-state index is 13.1. The van der Waals surface area contributed by atoms with Gasteiger partial charge in [0.15, 0.2) is 16.6 Å². The van der Waals surface area contributed by atoms with E-state index >= 15 is 0 Å². The lowest BCUT2D eigenvalue weighted by atomic mass is 9.50. The summed E-state index contributed by atoms with van der Waals surface area (Å²) in [4.78, 5) is 0. The molecule has 42 heavy (non-hydrogen) atoms. The van der Waals surface area contributed by atoms with Gasteiger partial charge in [0.05, 0.1) is 23.9 Å². The summed E-state index contributed by atoms with van der Waals surface area (Å²) in [5, 5.41) is 36.2. The van der Waals surface area contributed by atoms with Crippen molar-refractivity contribution in [2.24, 2.45) is 35.0 Å². The van der Waals surface area contributed by atoms with Gasteiger partial charge in [0.25, 0.3) is 0 Å². The number of aliphatic hydroxyl groups is 3. The Hall–Kier alpha value is -0.0262. The third-order valence-electron chi connectivity index (χ3n) is 14.0. The highest BCUT2D eigenvalue weighted by molar-refractivity contribution is 6.74. The maximum Gasteiger partial charge on any atom is 0.192 e. The van der Waals surface area contributed by atoms with Crippen molar-refractivity contribution in [1.29, 1.82) is 0 Å². The molecule has 10 atom stereocenters. The molecule has 0 aromatic rings. The number of aliphatic hydroxyl groups excluding tert-OH is 2. The second kappa shape index (κ2) is 12.3. The van der Waals surface area contributed by atoms with Crippen LogP contribution in [0.5, 0.6) is 0 Å². The molecule has 3 fully saturated rings. The second-order valence-electron chi connectivity index (χ2n) is 16.9. The normalized spacial score (nSPS) is 40.3. The number of hydrogen-bond acceptors (Lipinski definition) is 5. The predicted octanol–water partition coefficient (Wildman–Crippen LogP) is 8.06. The summed E-state index contributed by atoms with van der Waals surface area (Å²) in [5.41, 5.74) is 0.920. The van der Waals surface area contributed by atoms with E-state index in [-0.39, 0.29) is 34.3 Å².